The highest BCUT2D eigenvalue weighted by molar-refractivity contribution is 6.00. The topological polar surface area (TPSA) is 103 Å². The third kappa shape index (κ3) is 4.88. The van der Waals surface area contributed by atoms with Gasteiger partial charge in [0.15, 0.2) is 0 Å². The number of fused-ring (bicyclic) bond motifs is 2. The van der Waals surface area contributed by atoms with E-state index in [2.05, 4.69) is 5.32 Å². The van der Waals surface area contributed by atoms with Crippen LogP contribution in [0.1, 0.15) is 42.5 Å². The van der Waals surface area contributed by atoms with E-state index in [1.807, 2.05) is 0 Å². The molecule has 2 fully saturated rings. The predicted octanol–water partition coefficient (Wildman–Crippen LogP) is 2.00. The largest absolute Gasteiger partial charge is 0.490 e. The lowest BCUT2D eigenvalue weighted by atomic mass is 9.94. The third-order valence-electron chi connectivity index (χ3n) is 6.49. The third-order valence-corrected chi connectivity index (χ3v) is 6.49. The number of esters is 1. The molecule has 1 aromatic rings. The number of nitrogens with one attached hydrogen (secondary N) is 1. The Morgan fingerprint density at radius 1 is 1.19 bits per heavy atom. The maximum atomic E-state index is 13.3. The fourth-order valence-corrected chi connectivity index (χ4v) is 4.58. The van der Waals surface area contributed by atoms with E-state index in [9.17, 15) is 14.4 Å². The lowest BCUT2D eigenvalue weighted by Gasteiger charge is -2.42. The average molecular weight is 447 g/mol. The highest BCUT2D eigenvalue weighted by Crippen LogP contribution is 2.32. The van der Waals surface area contributed by atoms with E-state index in [-0.39, 0.29) is 55.0 Å². The van der Waals surface area contributed by atoms with Gasteiger partial charge in [0.1, 0.15) is 18.5 Å². The van der Waals surface area contributed by atoms with Crippen LogP contribution >= 0.6 is 0 Å². The van der Waals surface area contributed by atoms with E-state index >= 15 is 0 Å². The zero-order chi connectivity index (χ0) is 22.7. The van der Waals surface area contributed by atoms with Gasteiger partial charge < -0.3 is 29.2 Å². The standard InChI is InChI=1S/C23H30N2O7/c1-25-18-5-4-16(12-21(26)29-2)32-20(18)13-31-19-6-3-15(11-17(19)23(25)28)24-22(27)14-7-9-30-10-8-14/h3,6,11,14,16,18,20H,4-5,7-10,12-13H2,1-2H3,(H,24,27)/t16-,18-,20-/m0/s1. The number of methoxy groups -OCH3 is 1. The highest BCUT2D eigenvalue weighted by Gasteiger charge is 2.39. The summed E-state index contributed by atoms with van der Waals surface area (Å²) in [6.07, 6.45) is 2.34. The van der Waals surface area contributed by atoms with E-state index in [0.29, 0.717) is 55.9 Å². The van der Waals surface area contributed by atoms with Gasteiger partial charge in [-0.15, -0.1) is 0 Å². The molecular weight excluding hydrogens is 416 g/mol. The summed E-state index contributed by atoms with van der Waals surface area (Å²) in [6.45, 7) is 1.44. The Bertz CT molecular complexity index is 868. The molecule has 1 N–H and O–H groups in total. The van der Waals surface area contributed by atoms with Crippen molar-refractivity contribution < 1.29 is 33.3 Å². The van der Waals surface area contributed by atoms with Crippen molar-refractivity contribution in [3.8, 4) is 5.75 Å². The van der Waals surface area contributed by atoms with Crippen molar-refractivity contribution in [3.63, 3.8) is 0 Å². The van der Waals surface area contributed by atoms with Crippen molar-refractivity contribution in [2.24, 2.45) is 5.92 Å². The molecule has 9 nitrogen and oxygen atoms in total. The molecule has 0 saturated carbocycles. The van der Waals surface area contributed by atoms with E-state index in [1.54, 1.807) is 30.1 Å². The molecule has 0 aliphatic carbocycles. The normalized spacial score (nSPS) is 26.1. The fourth-order valence-electron chi connectivity index (χ4n) is 4.58. The van der Waals surface area contributed by atoms with E-state index < -0.39 is 0 Å². The molecule has 0 spiro atoms. The summed E-state index contributed by atoms with van der Waals surface area (Å²) in [4.78, 5) is 39.2. The molecule has 0 unspecified atom stereocenters. The number of carbonyl (C=O) groups excluding carboxylic acids is 3. The molecule has 32 heavy (non-hydrogen) atoms. The maximum absolute atomic E-state index is 13.3. The van der Waals surface area contributed by atoms with Gasteiger partial charge in [0.05, 0.1) is 31.2 Å². The number of ether oxygens (including phenoxy) is 4. The Kier molecular flexibility index (Phi) is 6.95. The van der Waals surface area contributed by atoms with Crippen LogP contribution in [0.15, 0.2) is 18.2 Å². The fraction of sp³-hybridized carbons (Fsp3) is 0.609. The van der Waals surface area contributed by atoms with Crippen LogP contribution in [0.2, 0.25) is 0 Å². The molecule has 2 amide bonds. The predicted molar refractivity (Wildman–Crippen MR) is 115 cm³/mol. The second-order valence-corrected chi connectivity index (χ2v) is 8.54. The van der Waals surface area contributed by atoms with E-state index in [1.165, 1.54) is 7.11 Å². The Balaban J connectivity index is 1.48. The average Bonchev–Trinajstić information content (AvgIpc) is 2.82. The number of likely N-dealkylation sites (N-methyl/N-ethyl adjacent to an activating group) is 1. The summed E-state index contributed by atoms with van der Waals surface area (Å²) in [5.74, 6) is -0.197. The molecule has 1 aromatic carbocycles. The van der Waals surface area contributed by atoms with Crippen LogP contribution in [0.4, 0.5) is 5.69 Å². The quantitative estimate of drug-likeness (QED) is 0.706. The summed E-state index contributed by atoms with van der Waals surface area (Å²) in [6, 6.07) is 4.96. The van der Waals surface area contributed by atoms with Crippen LogP contribution in [-0.4, -0.2) is 74.9 Å². The summed E-state index contributed by atoms with van der Waals surface area (Å²) in [5, 5.41) is 2.93. The molecular formula is C23H30N2O7. The molecule has 0 radical (unpaired) electrons. The maximum Gasteiger partial charge on any atom is 0.308 e. The number of carbonyl (C=O) groups is 3. The molecule has 2 saturated heterocycles. The smallest absolute Gasteiger partial charge is 0.308 e. The first-order chi connectivity index (χ1) is 15.5. The summed E-state index contributed by atoms with van der Waals surface area (Å²) in [5.41, 5.74) is 0.980. The minimum absolute atomic E-state index is 0.0572. The number of hydrogen-bond donors (Lipinski definition) is 1. The van der Waals surface area contributed by atoms with Crippen molar-refractivity contribution in [2.45, 2.75) is 50.4 Å². The second-order valence-electron chi connectivity index (χ2n) is 8.54. The number of benzene rings is 1. The summed E-state index contributed by atoms with van der Waals surface area (Å²) >= 11 is 0. The number of anilines is 1. The SMILES string of the molecule is COC(=O)C[C@@H]1CC[C@H]2[C@H](COc3ccc(NC(=O)C4CCOCC4)cc3C(=O)N2C)O1. The van der Waals surface area contributed by atoms with Crippen LogP contribution in [-0.2, 0) is 23.8 Å². The van der Waals surface area contributed by atoms with Gasteiger partial charge in [0, 0.05) is 31.9 Å². The van der Waals surface area contributed by atoms with Gasteiger partial charge in [-0.3, -0.25) is 14.4 Å². The van der Waals surface area contributed by atoms with Crippen LogP contribution in [0.25, 0.3) is 0 Å². The molecule has 0 bridgehead atoms. The van der Waals surface area contributed by atoms with Crippen LogP contribution < -0.4 is 10.1 Å². The van der Waals surface area contributed by atoms with Gasteiger partial charge in [-0.05, 0) is 43.9 Å². The van der Waals surface area contributed by atoms with E-state index in [4.69, 9.17) is 18.9 Å². The van der Waals surface area contributed by atoms with Gasteiger partial charge in [-0.2, -0.15) is 0 Å². The van der Waals surface area contributed by atoms with Crippen molar-refractivity contribution in [3.05, 3.63) is 23.8 Å². The van der Waals surface area contributed by atoms with Gasteiger partial charge in [-0.25, -0.2) is 0 Å². The molecule has 3 aliphatic rings. The molecule has 4 rings (SSSR count). The Hall–Kier alpha value is -2.65. The van der Waals surface area contributed by atoms with Gasteiger partial charge in [0.25, 0.3) is 5.91 Å². The highest BCUT2D eigenvalue weighted by atomic mass is 16.6. The van der Waals surface area contributed by atoms with Gasteiger partial charge in [0.2, 0.25) is 5.91 Å². The van der Waals surface area contributed by atoms with Crippen molar-refractivity contribution in [1.82, 2.24) is 4.90 Å². The molecule has 9 heteroatoms. The van der Waals surface area contributed by atoms with Crippen LogP contribution in [0.5, 0.6) is 5.75 Å². The lowest BCUT2D eigenvalue weighted by molar-refractivity contribution is -0.151. The van der Waals surface area contributed by atoms with Gasteiger partial charge >= 0.3 is 5.97 Å². The molecule has 0 aromatic heterocycles. The molecule has 3 aliphatic heterocycles. The first kappa shape index (κ1) is 22.5. The summed E-state index contributed by atoms with van der Waals surface area (Å²) < 4.78 is 22.1. The Morgan fingerprint density at radius 2 is 1.97 bits per heavy atom. The second kappa shape index (κ2) is 9.87. The monoisotopic (exact) mass is 446 g/mol. The number of rotatable bonds is 4. The summed E-state index contributed by atoms with van der Waals surface area (Å²) in [7, 11) is 3.11. The van der Waals surface area contributed by atoms with E-state index in [0.717, 1.165) is 0 Å². The minimum Gasteiger partial charge on any atom is -0.490 e. The number of hydrogen-bond acceptors (Lipinski definition) is 7. The lowest BCUT2D eigenvalue weighted by Crippen LogP contribution is -2.53. The zero-order valence-corrected chi connectivity index (χ0v) is 18.5. The molecule has 3 atom stereocenters. The number of nitrogens with zero attached hydrogens (tertiary/aromatic N) is 1. The first-order valence-electron chi connectivity index (χ1n) is 11.1. The minimum atomic E-state index is -0.339. The van der Waals surface area contributed by atoms with Crippen molar-refractivity contribution in [2.75, 3.05) is 39.3 Å². The number of amides is 2. The first-order valence-corrected chi connectivity index (χ1v) is 11.1. The molecule has 3 heterocycles. The van der Waals surface area contributed by atoms with Crippen LogP contribution in [0, 0.1) is 5.92 Å². The Morgan fingerprint density at radius 3 is 2.72 bits per heavy atom. The molecule has 174 valence electrons. The van der Waals surface area contributed by atoms with Crippen LogP contribution in [0.3, 0.4) is 0 Å². The van der Waals surface area contributed by atoms with Crippen molar-refractivity contribution >= 4 is 23.5 Å². The van der Waals surface area contributed by atoms with Crippen molar-refractivity contribution in [1.29, 1.82) is 0 Å². The zero-order valence-electron chi connectivity index (χ0n) is 18.5. The Labute approximate surface area is 187 Å². The van der Waals surface area contributed by atoms with Gasteiger partial charge in [-0.1, -0.05) is 0 Å².